The summed E-state index contributed by atoms with van der Waals surface area (Å²) in [6.45, 7) is 0. The van der Waals surface area contributed by atoms with E-state index in [1.54, 1.807) is 11.8 Å². The Morgan fingerprint density at radius 1 is 1.75 bits per heavy atom. The fourth-order valence-corrected chi connectivity index (χ4v) is 1.42. The first-order valence-corrected chi connectivity index (χ1v) is 3.67. The van der Waals surface area contributed by atoms with Crippen molar-refractivity contribution < 1.29 is 9.18 Å². The fraction of sp³-hybridized carbons (Fsp3) is 0.800. The van der Waals surface area contributed by atoms with Crippen LogP contribution in [0.15, 0.2) is 0 Å². The first-order chi connectivity index (χ1) is 3.84. The van der Waals surface area contributed by atoms with Crippen LogP contribution in [0.2, 0.25) is 0 Å². The minimum Gasteiger partial charge on any atom is -0.300 e. The molecule has 1 nitrogen and oxygen atoms in total. The summed E-state index contributed by atoms with van der Waals surface area (Å²) in [6, 6.07) is 0. The van der Waals surface area contributed by atoms with Crippen LogP contribution in [0.5, 0.6) is 0 Å². The maximum absolute atomic E-state index is 12.2. The Balaban J connectivity index is 2.22. The van der Waals surface area contributed by atoms with Gasteiger partial charge in [0.25, 0.3) is 0 Å². The smallest absolute Gasteiger partial charge is 0.159 e. The van der Waals surface area contributed by atoms with Crippen molar-refractivity contribution in [3.8, 4) is 0 Å². The second kappa shape index (κ2) is 2.49. The molecule has 0 aromatic heterocycles. The zero-order valence-electron chi connectivity index (χ0n) is 4.34. The van der Waals surface area contributed by atoms with Gasteiger partial charge in [0, 0.05) is 17.4 Å². The highest BCUT2D eigenvalue weighted by Gasteiger charge is 2.26. The molecule has 1 rings (SSSR count). The van der Waals surface area contributed by atoms with Crippen LogP contribution >= 0.6 is 11.8 Å². The van der Waals surface area contributed by atoms with E-state index in [2.05, 4.69) is 0 Å². The van der Waals surface area contributed by atoms with Crippen molar-refractivity contribution in [2.45, 2.75) is 6.17 Å². The molecule has 0 radical (unpaired) electrons. The van der Waals surface area contributed by atoms with Gasteiger partial charge in [0.15, 0.2) is 12.5 Å². The molecule has 0 spiro atoms. The molecule has 1 aliphatic rings. The summed E-state index contributed by atoms with van der Waals surface area (Å²) in [6.07, 6.45) is -0.805. The summed E-state index contributed by atoms with van der Waals surface area (Å²) in [5.74, 6) is 1.66. The minimum absolute atomic E-state index is 0.0255. The topological polar surface area (TPSA) is 17.1 Å². The molecular formula is C5H7FOS. The molecule has 0 N–H and O–H groups in total. The number of carbonyl (C=O) groups excluding carboxylic acids is 1. The van der Waals surface area contributed by atoms with Crippen LogP contribution in [-0.2, 0) is 4.79 Å². The van der Waals surface area contributed by atoms with E-state index < -0.39 is 6.17 Å². The van der Waals surface area contributed by atoms with Crippen molar-refractivity contribution >= 4 is 18.0 Å². The van der Waals surface area contributed by atoms with Crippen molar-refractivity contribution in [2.75, 3.05) is 11.5 Å². The van der Waals surface area contributed by atoms with Gasteiger partial charge in [0.2, 0.25) is 0 Å². The highest BCUT2D eigenvalue weighted by atomic mass is 32.2. The van der Waals surface area contributed by atoms with Gasteiger partial charge in [-0.1, -0.05) is 0 Å². The molecule has 0 aromatic rings. The van der Waals surface area contributed by atoms with Gasteiger partial charge in [0.05, 0.1) is 0 Å². The van der Waals surface area contributed by atoms with E-state index >= 15 is 0 Å². The first-order valence-electron chi connectivity index (χ1n) is 2.51. The van der Waals surface area contributed by atoms with Gasteiger partial charge >= 0.3 is 0 Å². The maximum Gasteiger partial charge on any atom is 0.159 e. The lowest BCUT2D eigenvalue weighted by Crippen LogP contribution is -2.29. The summed E-state index contributed by atoms with van der Waals surface area (Å²) in [5, 5.41) is 0. The summed E-state index contributed by atoms with van der Waals surface area (Å²) in [7, 11) is 0. The molecule has 0 aliphatic carbocycles. The lowest BCUT2D eigenvalue weighted by atomic mass is 10.1. The van der Waals surface area contributed by atoms with Gasteiger partial charge in [-0.15, -0.1) is 0 Å². The second-order valence-electron chi connectivity index (χ2n) is 1.88. The van der Waals surface area contributed by atoms with Crippen molar-refractivity contribution in [1.29, 1.82) is 0 Å². The minimum atomic E-state index is -1.20. The average Bonchev–Trinajstić information content (AvgIpc) is 1.62. The lowest BCUT2D eigenvalue weighted by Gasteiger charge is -2.24. The molecule has 0 aromatic carbocycles. The molecule has 1 atom stereocenters. The Labute approximate surface area is 51.6 Å². The number of alkyl halides is 1. The van der Waals surface area contributed by atoms with Crippen molar-refractivity contribution in [2.24, 2.45) is 5.92 Å². The molecule has 3 heteroatoms. The summed E-state index contributed by atoms with van der Waals surface area (Å²) in [4.78, 5) is 9.75. The van der Waals surface area contributed by atoms with E-state index in [0.29, 0.717) is 6.29 Å². The Morgan fingerprint density at radius 3 is 2.50 bits per heavy atom. The van der Waals surface area contributed by atoms with E-state index in [9.17, 15) is 9.18 Å². The van der Waals surface area contributed by atoms with E-state index in [1.807, 2.05) is 0 Å². The normalized spacial score (nSPS) is 24.1. The predicted molar refractivity (Wildman–Crippen MR) is 31.8 cm³/mol. The number of aldehydes is 1. The molecule has 1 saturated heterocycles. The first kappa shape index (κ1) is 6.08. The van der Waals surface area contributed by atoms with Gasteiger partial charge in [-0.05, 0) is 0 Å². The number of hydrogen-bond donors (Lipinski definition) is 0. The predicted octanol–water partition coefficient (Wildman–Crippen LogP) is 0.886. The molecular weight excluding hydrogens is 127 g/mol. The average molecular weight is 134 g/mol. The van der Waals surface area contributed by atoms with Crippen molar-refractivity contribution in [3.63, 3.8) is 0 Å². The third-order valence-electron chi connectivity index (χ3n) is 1.24. The Morgan fingerprint density at radius 2 is 2.38 bits per heavy atom. The van der Waals surface area contributed by atoms with Crippen LogP contribution in [-0.4, -0.2) is 24.0 Å². The van der Waals surface area contributed by atoms with Crippen LogP contribution in [0.1, 0.15) is 0 Å². The summed E-state index contributed by atoms with van der Waals surface area (Å²) < 4.78 is 12.2. The fourth-order valence-electron chi connectivity index (χ4n) is 0.549. The number of hydrogen-bond acceptors (Lipinski definition) is 2. The van der Waals surface area contributed by atoms with Crippen molar-refractivity contribution in [3.05, 3.63) is 0 Å². The van der Waals surface area contributed by atoms with Crippen LogP contribution in [0.3, 0.4) is 0 Å². The quantitative estimate of drug-likeness (QED) is 0.522. The largest absolute Gasteiger partial charge is 0.300 e. The molecule has 0 saturated carbocycles. The number of carbonyl (C=O) groups is 1. The number of halogens is 1. The van der Waals surface area contributed by atoms with Gasteiger partial charge < -0.3 is 4.79 Å². The highest BCUT2D eigenvalue weighted by molar-refractivity contribution is 8.00. The van der Waals surface area contributed by atoms with Crippen molar-refractivity contribution in [1.82, 2.24) is 0 Å². The van der Waals surface area contributed by atoms with Gasteiger partial charge in [0.1, 0.15) is 0 Å². The Bertz CT molecular complexity index is 92.4. The van der Waals surface area contributed by atoms with E-state index in [-0.39, 0.29) is 5.92 Å². The van der Waals surface area contributed by atoms with Crippen LogP contribution in [0, 0.1) is 5.92 Å². The zero-order valence-corrected chi connectivity index (χ0v) is 5.16. The highest BCUT2D eigenvalue weighted by Crippen LogP contribution is 2.27. The SMILES string of the molecule is O=CC(F)C1CSC1. The molecule has 1 heterocycles. The Kier molecular flexibility index (Phi) is 1.89. The third-order valence-corrected chi connectivity index (χ3v) is 2.57. The maximum atomic E-state index is 12.2. The Hall–Kier alpha value is -0.0500. The van der Waals surface area contributed by atoms with Gasteiger partial charge in [-0.25, -0.2) is 4.39 Å². The zero-order chi connectivity index (χ0) is 5.98. The summed E-state index contributed by atoms with van der Waals surface area (Å²) >= 11 is 1.69. The van der Waals surface area contributed by atoms with Crippen LogP contribution in [0.25, 0.3) is 0 Å². The van der Waals surface area contributed by atoms with E-state index in [4.69, 9.17) is 0 Å². The van der Waals surface area contributed by atoms with E-state index in [0.717, 1.165) is 11.5 Å². The second-order valence-corrected chi connectivity index (χ2v) is 2.95. The number of thioether (sulfide) groups is 1. The van der Waals surface area contributed by atoms with Gasteiger partial charge in [-0.3, -0.25) is 0 Å². The monoisotopic (exact) mass is 134 g/mol. The van der Waals surface area contributed by atoms with Crippen LogP contribution < -0.4 is 0 Å². The van der Waals surface area contributed by atoms with Gasteiger partial charge in [-0.2, -0.15) is 11.8 Å². The lowest BCUT2D eigenvalue weighted by molar-refractivity contribution is -0.113. The van der Waals surface area contributed by atoms with E-state index in [1.165, 1.54) is 0 Å². The molecule has 0 bridgehead atoms. The molecule has 0 amide bonds. The molecule has 1 unspecified atom stereocenters. The van der Waals surface area contributed by atoms with Crippen LogP contribution in [0.4, 0.5) is 4.39 Å². The molecule has 8 heavy (non-hydrogen) atoms. The third kappa shape index (κ3) is 1.02. The standard InChI is InChI=1S/C5H7FOS/c6-5(1-7)4-2-8-3-4/h1,4-5H,2-3H2. The number of rotatable bonds is 2. The molecule has 1 aliphatic heterocycles. The molecule has 1 fully saturated rings. The summed E-state index contributed by atoms with van der Waals surface area (Å²) in [5.41, 5.74) is 0. The molecule has 46 valence electrons.